The molecule has 9 nitrogen and oxygen atoms in total. The molecule has 0 saturated carbocycles. The highest BCUT2D eigenvalue weighted by atomic mass is 35.5. The first-order chi connectivity index (χ1) is 19.3. The molecule has 0 bridgehead atoms. The van der Waals surface area contributed by atoms with Gasteiger partial charge in [0.05, 0.1) is 53.7 Å². The first-order valence-electron chi connectivity index (χ1n) is 12.7. The Bertz CT molecular complexity index is 1380. The van der Waals surface area contributed by atoms with Crippen LogP contribution < -0.4 is 23.8 Å². The number of methoxy groups -OCH3 is 4. The second-order valence-electron chi connectivity index (χ2n) is 8.90. The lowest BCUT2D eigenvalue weighted by atomic mass is 9.97. The Morgan fingerprint density at radius 1 is 0.925 bits per heavy atom. The number of hydrogen-bond donors (Lipinski definition) is 0. The van der Waals surface area contributed by atoms with E-state index in [9.17, 15) is 9.59 Å². The molecule has 40 heavy (non-hydrogen) atoms. The summed E-state index contributed by atoms with van der Waals surface area (Å²) >= 11 is 6.48. The molecule has 212 valence electrons. The van der Waals surface area contributed by atoms with Gasteiger partial charge in [-0.2, -0.15) is 0 Å². The zero-order valence-corrected chi connectivity index (χ0v) is 23.8. The third kappa shape index (κ3) is 5.95. The summed E-state index contributed by atoms with van der Waals surface area (Å²) in [4.78, 5) is 28.4. The van der Waals surface area contributed by atoms with E-state index in [1.165, 1.54) is 14.2 Å². The van der Waals surface area contributed by atoms with E-state index in [1.807, 2.05) is 12.1 Å². The first-order valence-corrected chi connectivity index (χ1v) is 13.1. The molecule has 0 aromatic heterocycles. The largest absolute Gasteiger partial charge is 0.497 e. The van der Waals surface area contributed by atoms with Crippen molar-refractivity contribution in [1.29, 1.82) is 0 Å². The summed E-state index contributed by atoms with van der Waals surface area (Å²) in [5, 5.41) is 0.451. The molecule has 1 amide bonds. The van der Waals surface area contributed by atoms with E-state index in [0.717, 1.165) is 5.56 Å². The molecule has 0 saturated heterocycles. The van der Waals surface area contributed by atoms with E-state index in [1.54, 1.807) is 68.5 Å². The Morgan fingerprint density at radius 2 is 1.70 bits per heavy atom. The normalized spacial score (nSPS) is 16.6. The van der Waals surface area contributed by atoms with Gasteiger partial charge in [0.1, 0.15) is 23.7 Å². The minimum atomic E-state index is -1.17. The van der Waals surface area contributed by atoms with Crippen LogP contribution in [0.2, 0.25) is 5.02 Å². The molecule has 1 heterocycles. The molecule has 3 aromatic carbocycles. The average molecular weight is 570 g/mol. The number of nitrogens with zero attached hydrogens (tertiary/aromatic N) is 1. The number of anilines is 1. The van der Waals surface area contributed by atoms with E-state index in [-0.39, 0.29) is 19.6 Å². The van der Waals surface area contributed by atoms with E-state index in [4.69, 9.17) is 40.0 Å². The fourth-order valence-electron chi connectivity index (χ4n) is 4.75. The van der Waals surface area contributed by atoms with E-state index < -0.39 is 24.1 Å². The SMILES string of the molecule is CCOC(=O)CC1OC(c2cccc(OC)c2OC)c2cc(Cl)ccc2N(Cc2ccc(OC)cc2OC)C1=O. The van der Waals surface area contributed by atoms with Gasteiger partial charge in [-0.25, -0.2) is 0 Å². The molecule has 0 aliphatic carbocycles. The maximum atomic E-state index is 14.2. The number of ether oxygens (including phenoxy) is 6. The topological polar surface area (TPSA) is 92.8 Å². The van der Waals surface area contributed by atoms with Crippen LogP contribution in [-0.2, 0) is 25.6 Å². The number of amides is 1. The molecule has 4 rings (SSSR count). The highest BCUT2D eigenvalue weighted by Gasteiger charge is 2.39. The van der Waals surface area contributed by atoms with E-state index in [0.29, 0.717) is 44.8 Å². The highest BCUT2D eigenvalue weighted by Crippen LogP contribution is 2.45. The Balaban J connectivity index is 1.90. The van der Waals surface area contributed by atoms with Crippen LogP contribution in [0.5, 0.6) is 23.0 Å². The second kappa shape index (κ2) is 12.9. The van der Waals surface area contributed by atoms with Crippen molar-refractivity contribution in [3.63, 3.8) is 0 Å². The molecule has 0 spiro atoms. The predicted molar refractivity (Wildman–Crippen MR) is 150 cm³/mol. The molecule has 1 aliphatic heterocycles. The molecule has 0 fully saturated rings. The summed E-state index contributed by atoms with van der Waals surface area (Å²) in [6.45, 7) is 2.01. The van der Waals surface area contributed by atoms with Crippen LogP contribution in [-0.4, -0.2) is 53.0 Å². The van der Waals surface area contributed by atoms with Gasteiger partial charge in [0.15, 0.2) is 11.5 Å². The van der Waals surface area contributed by atoms with Crippen LogP contribution in [0, 0.1) is 0 Å². The summed E-state index contributed by atoms with van der Waals surface area (Å²) in [6.07, 6.45) is -2.28. The number of fused-ring (bicyclic) bond motifs is 1. The molecular formula is C30H32ClNO8. The number of halogens is 1. The fourth-order valence-corrected chi connectivity index (χ4v) is 4.93. The van der Waals surface area contributed by atoms with Crippen LogP contribution in [0.4, 0.5) is 5.69 Å². The van der Waals surface area contributed by atoms with Crippen LogP contribution in [0.3, 0.4) is 0 Å². The molecule has 1 aliphatic rings. The van der Waals surface area contributed by atoms with Gasteiger partial charge in [0.25, 0.3) is 5.91 Å². The third-order valence-corrected chi connectivity index (χ3v) is 6.84. The number of carbonyl (C=O) groups excluding carboxylic acids is 2. The van der Waals surface area contributed by atoms with Crippen LogP contribution in [0.1, 0.15) is 36.1 Å². The van der Waals surface area contributed by atoms with Crippen molar-refractivity contribution < 1.29 is 38.0 Å². The molecule has 0 radical (unpaired) electrons. The van der Waals surface area contributed by atoms with Crippen molar-refractivity contribution in [2.45, 2.75) is 32.1 Å². The number of hydrogen-bond acceptors (Lipinski definition) is 8. The van der Waals surface area contributed by atoms with Gasteiger partial charge < -0.3 is 33.3 Å². The Morgan fingerprint density at radius 3 is 2.38 bits per heavy atom. The molecule has 2 atom stereocenters. The lowest BCUT2D eigenvalue weighted by Gasteiger charge is -2.26. The maximum absolute atomic E-state index is 14.2. The number of esters is 1. The van der Waals surface area contributed by atoms with Crippen molar-refractivity contribution in [3.8, 4) is 23.0 Å². The predicted octanol–water partition coefficient (Wildman–Crippen LogP) is 5.35. The zero-order chi connectivity index (χ0) is 28.8. The standard InChI is InChI=1S/C30H32ClNO8/c1-6-39-27(33)16-26-30(34)32(17-18-10-12-20(35-2)15-25(18)37-4)23-13-11-19(31)14-22(23)28(40-26)21-8-7-9-24(36-3)29(21)38-5/h7-15,26,28H,6,16-17H2,1-5H3. The molecule has 3 aromatic rings. The Labute approximate surface area is 238 Å². The molecule has 10 heteroatoms. The third-order valence-electron chi connectivity index (χ3n) is 6.60. The van der Waals surface area contributed by atoms with Gasteiger partial charge in [-0.15, -0.1) is 0 Å². The Kier molecular flexibility index (Phi) is 9.39. The minimum Gasteiger partial charge on any atom is -0.497 e. The second-order valence-corrected chi connectivity index (χ2v) is 9.34. The minimum absolute atomic E-state index is 0.130. The lowest BCUT2D eigenvalue weighted by Crippen LogP contribution is -2.40. The smallest absolute Gasteiger partial charge is 0.308 e. The number of carbonyl (C=O) groups is 2. The summed E-state index contributed by atoms with van der Waals surface area (Å²) in [5.41, 5.74) is 2.51. The van der Waals surface area contributed by atoms with Crippen molar-refractivity contribution in [2.75, 3.05) is 39.9 Å². The van der Waals surface area contributed by atoms with Gasteiger partial charge in [0.2, 0.25) is 0 Å². The number of benzene rings is 3. The maximum Gasteiger partial charge on any atom is 0.308 e. The first kappa shape index (κ1) is 29.0. The Hall–Kier alpha value is -3.95. The van der Waals surface area contributed by atoms with Crippen LogP contribution in [0.25, 0.3) is 0 Å². The van der Waals surface area contributed by atoms with Gasteiger partial charge in [-0.1, -0.05) is 23.7 Å². The summed E-state index contributed by atoms with van der Waals surface area (Å²) < 4.78 is 33.8. The molecule has 0 N–H and O–H groups in total. The van der Waals surface area contributed by atoms with Gasteiger partial charge in [-0.05, 0) is 43.3 Å². The summed E-state index contributed by atoms with van der Waals surface area (Å²) in [7, 11) is 6.18. The fraction of sp³-hybridized carbons (Fsp3) is 0.333. The van der Waals surface area contributed by atoms with Gasteiger partial charge in [-0.3, -0.25) is 9.59 Å². The van der Waals surface area contributed by atoms with Crippen LogP contribution >= 0.6 is 11.6 Å². The molecule has 2 unspecified atom stereocenters. The van der Waals surface area contributed by atoms with Gasteiger partial charge in [0, 0.05) is 27.8 Å². The number of para-hydroxylation sites is 1. The van der Waals surface area contributed by atoms with E-state index in [2.05, 4.69) is 0 Å². The van der Waals surface area contributed by atoms with Crippen molar-refractivity contribution >= 4 is 29.2 Å². The lowest BCUT2D eigenvalue weighted by molar-refractivity contribution is -0.151. The monoisotopic (exact) mass is 569 g/mol. The van der Waals surface area contributed by atoms with Crippen molar-refractivity contribution in [3.05, 3.63) is 76.3 Å². The average Bonchev–Trinajstić information content (AvgIpc) is 3.07. The quantitative estimate of drug-likeness (QED) is 0.302. The van der Waals surface area contributed by atoms with E-state index >= 15 is 0 Å². The summed E-state index contributed by atoms with van der Waals surface area (Å²) in [5.74, 6) is 1.12. The highest BCUT2D eigenvalue weighted by molar-refractivity contribution is 6.30. The van der Waals surface area contributed by atoms with Crippen LogP contribution in [0.15, 0.2) is 54.6 Å². The molecular weight excluding hydrogens is 538 g/mol. The van der Waals surface area contributed by atoms with Crippen molar-refractivity contribution in [1.82, 2.24) is 0 Å². The van der Waals surface area contributed by atoms with Crippen molar-refractivity contribution in [2.24, 2.45) is 0 Å². The zero-order valence-electron chi connectivity index (χ0n) is 23.1. The summed E-state index contributed by atoms with van der Waals surface area (Å²) in [6, 6.07) is 16.0. The number of rotatable bonds is 10. The van der Waals surface area contributed by atoms with Gasteiger partial charge >= 0.3 is 5.97 Å².